The van der Waals surface area contributed by atoms with Crippen LogP contribution in [0.1, 0.15) is 39.4 Å². The molecular formula is C14H24N2O2. The van der Waals surface area contributed by atoms with Crippen molar-refractivity contribution in [2.75, 3.05) is 6.54 Å². The number of carbonyl (C=O) groups excluding carboxylic acids is 1. The Morgan fingerprint density at radius 2 is 2.06 bits per heavy atom. The van der Waals surface area contributed by atoms with E-state index in [4.69, 9.17) is 0 Å². The number of hydrogen-bond acceptors (Lipinski definition) is 2. The first-order valence-corrected chi connectivity index (χ1v) is 6.50. The topological polar surface area (TPSA) is 54.3 Å². The van der Waals surface area contributed by atoms with Crippen molar-refractivity contribution in [3.05, 3.63) is 24.0 Å². The Labute approximate surface area is 109 Å². The number of carbonyl (C=O) groups is 1. The number of aliphatic hydroxyl groups is 1. The van der Waals surface area contributed by atoms with Gasteiger partial charge in [0.2, 0.25) is 5.91 Å². The van der Waals surface area contributed by atoms with E-state index in [-0.39, 0.29) is 11.8 Å². The van der Waals surface area contributed by atoms with Gasteiger partial charge in [0, 0.05) is 18.9 Å². The minimum absolute atomic E-state index is 0.00452. The standard InChI is InChI=1S/C14H24N2O2/c1-10(2)7-15-13(17)9-16-6-5-12(8-16)14(18)11(3)4/h5-6,8,10-11,14,18H,7,9H2,1-4H3,(H,15,17). The number of hydrogen-bond donors (Lipinski definition) is 2. The number of amides is 1. The molecule has 1 rings (SSSR count). The molecule has 0 spiro atoms. The number of aromatic nitrogens is 1. The normalized spacial score (nSPS) is 13.1. The minimum Gasteiger partial charge on any atom is -0.388 e. The fourth-order valence-corrected chi connectivity index (χ4v) is 1.66. The molecule has 1 heterocycles. The summed E-state index contributed by atoms with van der Waals surface area (Å²) in [7, 11) is 0. The van der Waals surface area contributed by atoms with Gasteiger partial charge in [0.25, 0.3) is 0 Å². The Hall–Kier alpha value is -1.29. The monoisotopic (exact) mass is 252 g/mol. The molecule has 0 bridgehead atoms. The molecule has 1 atom stereocenters. The summed E-state index contributed by atoms with van der Waals surface area (Å²) >= 11 is 0. The van der Waals surface area contributed by atoms with Crippen molar-refractivity contribution in [1.29, 1.82) is 0 Å². The van der Waals surface area contributed by atoms with Crippen LogP contribution in [-0.2, 0) is 11.3 Å². The maximum Gasteiger partial charge on any atom is 0.239 e. The minimum atomic E-state index is -0.468. The summed E-state index contributed by atoms with van der Waals surface area (Å²) in [5, 5.41) is 12.8. The van der Waals surface area contributed by atoms with Crippen molar-refractivity contribution in [1.82, 2.24) is 9.88 Å². The van der Waals surface area contributed by atoms with Crippen molar-refractivity contribution >= 4 is 5.91 Å². The molecule has 0 saturated heterocycles. The summed E-state index contributed by atoms with van der Waals surface area (Å²) in [6.45, 7) is 9.06. The summed E-state index contributed by atoms with van der Waals surface area (Å²) in [5.74, 6) is 0.637. The zero-order valence-electron chi connectivity index (χ0n) is 11.7. The lowest BCUT2D eigenvalue weighted by Gasteiger charge is -2.12. The third-order valence-electron chi connectivity index (χ3n) is 2.78. The van der Waals surface area contributed by atoms with Gasteiger partial charge in [-0.2, -0.15) is 0 Å². The first-order valence-electron chi connectivity index (χ1n) is 6.50. The van der Waals surface area contributed by atoms with Gasteiger partial charge in [0.05, 0.1) is 6.10 Å². The van der Waals surface area contributed by atoms with Crippen LogP contribution < -0.4 is 5.32 Å². The molecule has 1 amide bonds. The van der Waals surface area contributed by atoms with Gasteiger partial charge >= 0.3 is 0 Å². The number of aliphatic hydroxyl groups excluding tert-OH is 1. The maximum atomic E-state index is 11.6. The molecule has 0 fully saturated rings. The van der Waals surface area contributed by atoms with E-state index in [2.05, 4.69) is 19.2 Å². The van der Waals surface area contributed by atoms with Crippen LogP contribution in [0.4, 0.5) is 0 Å². The Kier molecular flexibility index (Phi) is 5.41. The van der Waals surface area contributed by atoms with Gasteiger partial charge in [-0.15, -0.1) is 0 Å². The van der Waals surface area contributed by atoms with E-state index in [1.165, 1.54) is 0 Å². The zero-order valence-corrected chi connectivity index (χ0v) is 11.7. The van der Waals surface area contributed by atoms with E-state index in [1.54, 1.807) is 4.57 Å². The van der Waals surface area contributed by atoms with Crippen molar-refractivity contribution in [3.8, 4) is 0 Å². The van der Waals surface area contributed by atoms with Crippen LogP contribution in [0.3, 0.4) is 0 Å². The molecule has 0 aliphatic carbocycles. The van der Waals surface area contributed by atoms with Crippen LogP contribution in [0.2, 0.25) is 0 Å². The first-order chi connectivity index (χ1) is 8.40. The molecule has 0 aliphatic heterocycles. The van der Waals surface area contributed by atoms with E-state index in [0.29, 0.717) is 19.0 Å². The molecular weight excluding hydrogens is 228 g/mol. The highest BCUT2D eigenvalue weighted by molar-refractivity contribution is 5.75. The lowest BCUT2D eigenvalue weighted by molar-refractivity contribution is -0.121. The van der Waals surface area contributed by atoms with Crippen LogP contribution in [0.15, 0.2) is 18.5 Å². The molecule has 2 N–H and O–H groups in total. The highest BCUT2D eigenvalue weighted by Crippen LogP contribution is 2.21. The summed E-state index contributed by atoms with van der Waals surface area (Å²) in [5.41, 5.74) is 0.863. The SMILES string of the molecule is CC(C)CNC(=O)Cn1ccc(C(O)C(C)C)c1. The van der Waals surface area contributed by atoms with Gasteiger partial charge < -0.3 is 15.0 Å². The average molecular weight is 252 g/mol. The Morgan fingerprint density at radius 1 is 1.39 bits per heavy atom. The fourth-order valence-electron chi connectivity index (χ4n) is 1.66. The van der Waals surface area contributed by atoms with Gasteiger partial charge in [-0.3, -0.25) is 4.79 Å². The summed E-state index contributed by atoms with van der Waals surface area (Å²) in [6, 6.07) is 1.86. The smallest absolute Gasteiger partial charge is 0.239 e. The molecule has 1 aromatic heterocycles. The van der Waals surface area contributed by atoms with Crippen molar-refractivity contribution in [2.24, 2.45) is 11.8 Å². The average Bonchev–Trinajstić information content (AvgIpc) is 2.73. The molecule has 102 valence electrons. The lowest BCUT2D eigenvalue weighted by Crippen LogP contribution is -2.30. The van der Waals surface area contributed by atoms with Crippen molar-refractivity contribution < 1.29 is 9.90 Å². The van der Waals surface area contributed by atoms with Gasteiger partial charge in [0.15, 0.2) is 0 Å². The molecule has 0 aromatic carbocycles. The third-order valence-corrected chi connectivity index (χ3v) is 2.78. The third kappa shape index (κ3) is 4.53. The van der Waals surface area contributed by atoms with E-state index in [0.717, 1.165) is 5.56 Å². The van der Waals surface area contributed by atoms with E-state index >= 15 is 0 Å². The number of nitrogens with one attached hydrogen (secondary N) is 1. The zero-order chi connectivity index (χ0) is 13.7. The Balaban J connectivity index is 2.51. The predicted molar refractivity (Wildman–Crippen MR) is 72.1 cm³/mol. The second-order valence-corrected chi connectivity index (χ2v) is 5.50. The molecule has 4 nitrogen and oxygen atoms in total. The summed E-state index contributed by atoms with van der Waals surface area (Å²) < 4.78 is 1.80. The predicted octanol–water partition coefficient (Wildman–Crippen LogP) is 1.95. The summed E-state index contributed by atoms with van der Waals surface area (Å²) in [6.07, 6.45) is 3.19. The fraction of sp³-hybridized carbons (Fsp3) is 0.643. The quantitative estimate of drug-likeness (QED) is 0.813. The van der Waals surface area contributed by atoms with Gasteiger partial charge in [0.1, 0.15) is 6.54 Å². The van der Waals surface area contributed by atoms with Gasteiger partial charge in [-0.1, -0.05) is 27.7 Å². The number of rotatable bonds is 6. The van der Waals surface area contributed by atoms with Crippen LogP contribution >= 0.6 is 0 Å². The largest absolute Gasteiger partial charge is 0.388 e. The molecule has 4 heteroatoms. The van der Waals surface area contributed by atoms with Crippen LogP contribution in [0.5, 0.6) is 0 Å². The molecule has 1 aromatic rings. The molecule has 0 saturated carbocycles. The van der Waals surface area contributed by atoms with Crippen LogP contribution in [0, 0.1) is 11.8 Å². The Bertz CT molecular complexity index is 383. The lowest BCUT2D eigenvalue weighted by atomic mass is 10.0. The highest BCUT2D eigenvalue weighted by Gasteiger charge is 2.13. The second-order valence-electron chi connectivity index (χ2n) is 5.50. The van der Waals surface area contributed by atoms with E-state index in [1.807, 2.05) is 32.3 Å². The van der Waals surface area contributed by atoms with Crippen LogP contribution in [-0.4, -0.2) is 22.1 Å². The summed E-state index contributed by atoms with van der Waals surface area (Å²) in [4.78, 5) is 11.6. The second kappa shape index (κ2) is 6.59. The van der Waals surface area contributed by atoms with Gasteiger partial charge in [-0.25, -0.2) is 0 Å². The van der Waals surface area contributed by atoms with Crippen LogP contribution in [0.25, 0.3) is 0 Å². The van der Waals surface area contributed by atoms with Gasteiger partial charge in [-0.05, 0) is 23.5 Å². The molecule has 1 unspecified atom stereocenters. The molecule has 18 heavy (non-hydrogen) atoms. The number of nitrogens with zero attached hydrogens (tertiary/aromatic N) is 1. The van der Waals surface area contributed by atoms with E-state index < -0.39 is 6.10 Å². The highest BCUT2D eigenvalue weighted by atomic mass is 16.3. The van der Waals surface area contributed by atoms with E-state index in [9.17, 15) is 9.90 Å². The maximum absolute atomic E-state index is 11.6. The van der Waals surface area contributed by atoms with Crippen molar-refractivity contribution in [2.45, 2.75) is 40.3 Å². The first kappa shape index (κ1) is 14.8. The van der Waals surface area contributed by atoms with Crippen molar-refractivity contribution in [3.63, 3.8) is 0 Å². The molecule has 0 aliphatic rings. The Morgan fingerprint density at radius 3 is 2.61 bits per heavy atom. The molecule has 0 radical (unpaired) electrons.